The number of pyridine rings is 1. The monoisotopic (exact) mass is 275 g/mol. The van der Waals surface area contributed by atoms with Crippen LogP contribution < -0.4 is 11.5 Å². The minimum Gasteiger partial charge on any atom is -0.329 e. The molecule has 7 heteroatoms. The summed E-state index contributed by atoms with van der Waals surface area (Å²) in [6.45, 7) is 0.250. The molecule has 0 spiro atoms. The second-order valence-corrected chi connectivity index (χ2v) is 3.61. The van der Waals surface area contributed by atoms with Gasteiger partial charge in [0.2, 0.25) is 0 Å². The molecular formula is C7H9Cl4N3. The molecule has 1 heterocycles. The van der Waals surface area contributed by atoms with Gasteiger partial charge in [0.15, 0.2) is 0 Å². The molecule has 0 aliphatic heterocycles. The zero-order chi connectivity index (χ0) is 10.0. The van der Waals surface area contributed by atoms with E-state index in [9.17, 15) is 0 Å². The quantitative estimate of drug-likeness (QED) is 0.816. The lowest BCUT2D eigenvalue weighted by Gasteiger charge is -2.13. The molecule has 1 aromatic heterocycles. The highest BCUT2D eigenvalue weighted by molar-refractivity contribution is 6.43. The molecule has 0 radical (unpaired) electrons. The van der Waals surface area contributed by atoms with Crippen molar-refractivity contribution >= 4 is 47.2 Å². The van der Waals surface area contributed by atoms with Crippen LogP contribution in [0.25, 0.3) is 0 Å². The normalized spacial score (nSPS) is 12.1. The van der Waals surface area contributed by atoms with E-state index < -0.39 is 6.04 Å². The first kappa shape index (κ1) is 14.2. The van der Waals surface area contributed by atoms with Gasteiger partial charge in [-0.2, -0.15) is 0 Å². The summed E-state index contributed by atoms with van der Waals surface area (Å²) in [7, 11) is 0. The zero-order valence-corrected chi connectivity index (χ0v) is 10.1. The van der Waals surface area contributed by atoms with Crippen LogP contribution in [0.15, 0.2) is 6.20 Å². The topological polar surface area (TPSA) is 64.9 Å². The average Bonchev–Trinajstić information content (AvgIpc) is 2.12. The third kappa shape index (κ3) is 2.86. The van der Waals surface area contributed by atoms with Gasteiger partial charge in [-0.3, -0.25) is 0 Å². The Morgan fingerprint density at radius 1 is 1.36 bits per heavy atom. The van der Waals surface area contributed by atoms with Crippen molar-refractivity contribution in [1.82, 2.24) is 4.98 Å². The first-order valence-corrected chi connectivity index (χ1v) is 4.66. The van der Waals surface area contributed by atoms with Gasteiger partial charge in [0.1, 0.15) is 5.15 Å². The zero-order valence-electron chi connectivity index (χ0n) is 7.01. The van der Waals surface area contributed by atoms with Crippen molar-refractivity contribution in [2.45, 2.75) is 6.04 Å². The van der Waals surface area contributed by atoms with Crippen molar-refractivity contribution in [3.8, 4) is 0 Å². The molecule has 0 saturated carbocycles. The fraction of sp³-hybridized carbons (Fsp3) is 0.286. The van der Waals surface area contributed by atoms with Crippen LogP contribution in [-0.2, 0) is 0 Å². The van der Waals surface area contributed by atoms with Gasteiger partial charge in [-0.1, -0.05) is 34.8 Å². The van der Waals surface area contributed by atoms with Gasteiger partial charge in [0.25, 0.3) is 0 Å². The maximum Gasteiger partial charge on any atom is 0.148 e. The molecule has 0 fully saturated rings. The van der Waals surface area contributed by atoms with Crippen LogP contribution in [0, 0.1) is 0 Å². The van der Waals surface area contributed by atoms with Crippen LogP contribution in [-0.4, -0.2) is 11.5 Å². The van der Waals surface area contributed by atoms with Crippen molar-refractivity contribution in [1.29, 1.82) is 0 Å². The lowest BCUT2D eigenvalue weighted by atomic mass is 10.1. The van der Waals surface area contributed by atoms with Crippen molar-refractivity contribution in [2.24, 2.45) is 11.5 Å². The molecule has 3 nitrogen and oxygen atoms in total. The average molecular weight is 277 g/mol. The Balaban J connectivity index is 0.00000169. The molecule has 0 bridgehead atoms. The standard InChI is InChI=1S/C7H8Cl3N3.ClH/c8-3-2-13-7(10)6(9)5(3)4(12)1-11;/h2,4H,1,11-12H2;1H/t4-;/m1./s1. The van der Waals surface area contributed by atoms with E-state index in [-0.39, 0.29) is 29.1 Å². The number of halogens is 4. The summed E-state index contributed by atoms with van der Waals surface area (Å²) in [5.74, 6) is 0. The van der Waals surface area contributed by atoms with Gasteiger partial charge in [0.05, 0.1) is 10.0 Å². The number of aromatic nitrogens is 1. The molecule has 4 N–H and O–H groups in total. The van der Waals surface area contributed by atoms with Crippen LogP contribution in [0.4, 0.5) is 0 Å². The number of nitrogens with zero attached hydrogens (tertiary/aromatic N) is 1. The van der Waals surface area contributed by atoms with Gasteiger partial charge in [-0.15, -0.1) is 12.4 Å². The van der Waals surface area contributed by atoms with E-state index in [0.29, 0.717) is 10.6 Å². The van der Waals surface area contributed by atoms with E-state index in [2.05, 4.69) is 4.98 Å². The Bertz CT molecular complexity index is 318. The Labute approximate surface area is 103 Å². The fourth-order valence-electron chi connectivity index (χ4n) is 0.913. The van der Waals surface area contributed by atoms with Crippen LogP contribution in [0.1, 0.15) is 11.6 Å². The number of hydrogen-bond acceptors (Lipinski definition) is 3. The lowest BCUT2D eigenvalue weighted by molar-refractivity contribution is 0.736. The van der Waals surface area contributed by atoms with Gasteiger partial charge in [-0.25, -0.2) is 4.98 Å². The fourth-order valence-corrected chi connectivity index (χ4v) is 1.69. The molecular weight excluding hydrogens is 268 g/mol. The number of rotatable bonds is 2. The molecule has 1 aromatic rings. The summed E-state index contributed by atoms with van der Waals surface area (Å²) < 4.78 is 0. The van der Waals surface area contributed by atoms with Crippen molar-refractivity contribution in [2.75, 3.05) is 6.54 Å². The number of hydrogen-bond donors (Lipinski definition) is 2. The molecule has 14 heavy (non-hydrogen) atoms. The summed E-state index contributed by atoms with van der Waals surface area (Å²) in [5, 5.41) is 0.837. The predicted octanol–water partition coefficient (Wildman–Crippen LogP) is 2.42. The number of nitrogens with two attached hydrogens (primary N) is 2. The van der Waals surface area contributed by atoms with Crippen molar-refractivity contribution in [3.05, 3.63) is 27.0 Å². The highest BCUT2D eigenvalue weighted by Gasteiger charge is 2.15. The van der Waals surface area contributed by atoms with E-state index in [1.54, 1.807) is 0 Å². The second-order valence-electron chi connectivity index (χ2n) is 2.47. The predicted molar refractivity (Wildman–Crippen MR) is 62.5 cm³/mol. The molecule has 0 amide bonds. The Morgan fingerprint density at radius 2 is 1.93 bits per heavy atom. The van der Waals surface area contributed by atoms with Crippen LogP contribution in [0.5, 0.6) is 0 Å². The molecule has 80 valence electrons. The highest BCUT2D eigenvalue weighted by Crippen LogP contribution is 2.32. The van der Waals surface area contributed by atoms with Crippen LogP contribution in [0.2, 0.25) is 15.2 Å². The van der Waals surface area contributed by atoms with Gasteiger partial charge < -0.3 is 11.5 Å². The second kappa shape index (κ2) is 5.95. The molecule has 0 unspecified atom stereocenters. The van der Waals surface area contributed by atoms with Gasteiger partial charge in [-0.05, 0) is 0 Å². The molecule has 1 rings (SSSR count). The van der Waals surface area contributed by atoms with E-state index in [1.807, 2.05) is 0 Å². The summed E-state index contributed by atoms with van der Waals surface area (Å²) in [6, 6.07) is -0.416. The largest absolute Gasteiger partial charge is 0.329 e. The van der Waals surface area contributed by atoms with Crippen LogP contribution >= 0.6 is 47.2 Å². The Morgan fingerprint density at radius 3 is 2.43 bits per heavy atom. The Kier molecular flexibility index (Phi) is 6.05. The minimum atomic E-state index is -0.416. The molecule has 0 saturated heterocycles. The van der Waals surface area contributed by atoms with E-state index >= 15 is 0 Å². The lowest BCUT2D eigenvalue weighted by Crippen LogP contribution is -2.21. The van der Waals surface area contributed by atoms with Crippen LogP contribution in [0.3, 0.4) is 0 Å². The minimum absolute atomic E-state index is 0. The third-order valence-corrected chi connectivity index (χ3v) is 2.66. The first-order valence-electron chi connectivity index (χ1n) is 3.53. The highest BCUT2D eigenvalue weighted by atomic mass is 35.5. The summed E-state index contributed by atoms with van der Waals surface area (Å²) in [6.07, 6.45) is 1.40. The first-order chi connectivity index (χ1) is 6.07. The van der Waals surface area contributed by atoms with E-state index in [0.717, 1.165) is 0 Å². The molecule has 0 aliphatic rings. The van der Waals surface area contributed by atoms with E-state index in [1.165, 1.54) is 6.20 Å². The third-order valence-electron chi connectivity index (χ3n) is 1.59. The smallest absolute Gasteiger partial charge is 0.148 e. The van der Waals surface area contributed by atoms with Crippen molar-refractivity contribution < 1.29 is 0 Å². The Hall–Kier alpha value is 0.230. The SMILES string of the molecule is Cl.NC[C@@H](N)c1c(Cl)cnc(Cl)c1Cl. The van der Waals surface area contributed by atoms with Crippen molar-refractivity contribution in [3.63, 3.8) is 0 Å². The molecule has 0 aliphatic carbocycles. The van der Waals surface area contributed by atoms with E-state index in [4.69, 9.17) is 46.3 Å². The van der Waals surface area contributed by atoms with Gasteiger partial charge >= 0.3 is 0 Å². The molecule has 0 aromatic carbocycles. The maximum atomic E-state index is 5.86. The summed E-state index contributed by atoms with van der Waals surface area (Å²) >= 11 is 17.4. The maximum absolute atomic E-state index is 5.86. The summed E-state index contributed by atoms with van der Waals surface area (Å²) in [4.78, 5) is 3.76. The molecule has 1 atom stereocenters. The van der Waals surface area contributed by atoms with Gasteiger partial charge in [0, 0.05) is 24.3 Å². The summed E-state index contributed by atoms with van der Waals surface area (Å²) in [5.41, 5.74) is 11.6.